The fourth-order valence-corrected chi connectivity index (χ4v) is 2.26. The first-order valence-corrected chi connectivity index (χ1v) is 7.73. The molecule has 0 bridgehead atoms. The van der Waals surface area contributed by atoms with Crippen molar-refractivity contribution in [3.8, 4) is 5.88 Å². The lowest BCUT2D eigenvalue weighted by atomic mass is 10.1. The summed E-state index contributed by atoms with van der Waals surface area (Å²) in [5.41, 5.74) is 1.62. The number of nitrogens with zero attached hydrogens (tertiary/aromatic N) is 3. The molecule has 0 unspecified atom stereocenters. The number of alkyl halides is 1. The number of hydrogen-bond donors (Lipinski definition) is 0. The summed E-state index contributed by atoms with van der Waals surface area (Å²) in [6.45, 7) is 6.47. The number of hydrogen-bond acceptors (Lipinski definition) is 4. The first kappa shape index (κ1) is 16.0. The van der Waals surface area contributed by atoms with Crippen molar-refractivity contribution in [1.82, 2.24) is 14.5 Å². The molecule has 5 nitrogen and oxygen atoms in total. The first-order valence-electron chi connectivity index (χ1n) is 7.19. The Morgan fingerprint density at radius 3 is 2.71 bits per heavy atom. The molecular weight excluding hydrogens is 290 g/mol. The Balaban J connectivity index is 2.09. The zero-order chi connectivity index (χ0) is 15.2. The summed E-state index contributed by atoms with van der Waals surface area (Å²) < 4.78 is 12.8. The molecular formula is C15H22ClN3O2. The highest BCUT2D eigenvalue weighted by Crippen LogP contribution is 2.19. The Kier molecular flexibility index (Phi) is 5.82. The molecule has 116 valence electrons. The van der Waals surface area contributed by atoms with Gasteiger partial charge >= 0.3 is 0 Å². The first-order chi connectivity index (χ1) is 10.2. The predicted octanol–water partition coefficient (Wildman–Crippen LogP) is 3.24. The zero-order valence-electron chi connectivity index (χ0n) is 12.8. The van der Waals surface area contributed by atoms with Crippen molar-refractivity contribution in [2.75, 3.05) is 20.3 Å². The second-order valence-electron chi connectivity index (χ2n) is 5.30. The maximum absolute atomic E-state index is 5.98. The van der Waals surface area contributed by atoms with Gasteiger partial charge in [0.25, 0.3) is 0 Å². The zero-order valence-corrected chi connectivity index (χ0v) is 13.6. The monoisotopic (exact) mass is 311 g/mol. The molecule has 0 aliphatic rings. The van der Waals surface area contributed by atoms with Crippen molar-refractivity contribution in [3.63, 3.8) is 0 Å². The highest BCUT2D eigenvalue weighted by atomic mass is 35.5. The molecule has 0 spiro atoms. The van der Waals surface area contributed by atoms with Gasteiger partial charge in [0.15, 0.2) is 5.65 Å². The third-order valence-electron chi connectivity index (χ3n) is 3.27. The second-order valence-corrected chi connectivity index (χ2v) is 5.57. The third-order valence-corrected chi connectivity index (χ3v) is 3.51. The maximum atomic E-state index is 5.98. The molecule has 6 heteroatoms. The number of imidazole rings is 1. The van der Waals surface area contributed by atoms with Crippen molar-refractivity contribution in [1.29, 1.82) is 0 Å². The van der Waals surface area contributed by atoms with E-state index >= 15 is 0 Å². The van der Waals surface area contributed by atoms with Crippen LogP contribution in [0.3, 0.4) is 0 Å². The molecule has 0 aromatic carbocycles. The second kappa shape index (κ2) is 7.61. The molecule has 0 saturated heterocycles. The molecule has 2 rings (SSSR count). The fourth-order valence-electron chi connectivity index (χ4n) is 2.06. The van der Waals surface area contributed by atoms with E-state index < -0.39 is 0 Å². The topological polar surface area (TPSA) is 49.2 Å². The molecule has 0 saturated carbocycles. The number of rotatable bonds is 8. The molecule has 0 amide bonds. The van der Waals surface area contributed by atoms with Gasteiger partial charge in [0.05, 0.1) is 19.6 Å². The van der Waals surface area contributed by atoms with E-state index in [0.29, 0.717) is 30.8 Å². The minimum Gasteiger partial charge on any atom is -0.481 e. The molecule has 2 heterocycles. The lowest BCUT2D eigenvalue weighted by Gasteiger charge is -2.09. The van der Waals surface area contributed by atoms with Gasteiger partial charge < -0.3 is 14.0 Å². The lowest BCUT2D eigenvalue weighted by molar-refractivity contribution is 0.116. The average molecular weight is 312 g/mol. The van der Waals surface area contributed by atoms with Crippen molar-refractivity contribution in [2.24, 2.45) is 5.92 Å². The van der Waals surface area contributed by atoms with E-state index in [1.807, 2.05) is 10.6 Å². The van der Waals surface area contributed by atoms with Crippen LogP contribution in [0.5, 0.6) is 5.88 Å². The molecule has 0 aliphatic heterocycles. The van der Waals surface area contributed by atoms with Gasteiger partial charge in [-0.15, -0.1) is 11.6 Å². The van der Waals surface area contributed by atoms with Crippen molar-refractivity contribution in [3.05, 3.63) is 18.0 Å². The standard InChI is InChI=1S/C15H22ClN3O2/c1-11(2)6-8-21-9-7-19-13(10-16)17-12-4-5-14(20-3)18-15(12)19/h4-5,11H,6-10H2,1-3H3. The summed E-state index contributed by atoms with van der Waals surface area (Å²) in [5.74, 6) is 2.39. The summed E-state index contributed by atoms with van der Waals surface area (Å²) in [4.78, 5) is 8.94. The van der Waals surface area contributed by atoms with Crippen LogP contribution in [0.15, 0.2) is 12.1 Å². The summed E-state index contributed by atoms with van der Waals surface area (Å²) >= 11 is 5.98. The SMILES string of the molecule is COc1ccc2nc(CCl)n(CCOCCC(C)C)c2n1. The number of aromatic nitrogens is 3. The van der Waals surface area contributed by atoms with E-state index in [0.717, 1.165) is 30.0 Å². The predicted molar refractivity (Wildman–Crippen MR) is 83.9 cm³/mol. The van der Waals surface area contributed by atoms with Crippen molar-refractivity contribution >= 4 is 22.8 Å². The van der Waals surface area contributed by atoms with Gasteiger partial charge in [0, 0.05) is 19.2 Å². The van der Waals surface area contributed by atoms with Crippen LogP contribution in [0.4, 0.5) is 0 Å². The molecule has 21 heavy (non-hydrogen) atoms. The Morgan fingerprint density at radius 1 is 1.24 bits per heavy atom. The summed E-state index contributed by atoms with van der Waals surface area (Å²) in [6, 6.07) is 3.70. The summed E-state index contributed by atoms with van der Waals surface area (Å²) in [7, 11) is 1.60. The Hall–Kier alpha value is -1.33. The molecule has 0 N–H and O–H groups in total. The number of pyridine rings is 1. The lowest BCUT2D eigenvalue weighted by Crippen LogP contribution is -2.10. The van der Waals surface area contributed by atoms with Gasteiger partial charge in [0.2, 0.25) is 5.88 Å². The molecule has 0 radical (unpaired) electrons. The maximum Gasteiger partial charge on any atom is 0.215 e. The van der Waals surface area contributed by atoms with Gasteiger partial charge in [-0.25, -0.2) is 4.98 Å². The van der Waals surface area contributed by atoms with E-state index in [9.17, 15) is 0 Å². The summed E-state index contributed by atoms with van der Waals surface area (Å²) in [6.07, 6.45) is 1.07. The molecule has 0 aliphatic carbocycles. The van der Waals surface area contributed by atoms with E-state index in [-0.39, 0.29) is 0 Å². The van der Waals surface area contributed by atoms with Crippen LogP contribution in [-0.2, 0) is 17.2 Å². The number of halogens is 1. The largest absolute Gasteiger partial charge is 0.481 e. The van der Waals surface area contributed by atoms with Crippen LogP contribution in [0, 0.1) is 5.92 Å². The summed E-state index contributed by atoms with van der Waals surface area (Å²) in [5, 5.41) is 0. The van der Waals surface area contributed by atoms with E-state index in [1.165, 1.54) is 0 Å². The van der Waals surface area contributed by atoms with Crippen LogP contribution >= 0.6 is 11.6 Å². The van der Waals surface area contributed by atoms with Crippen LogP contribution in [0.25, 0.3) is 11.2 Å². The Bertz CT molecular complexity index is 584. The van der Waals surface area contributed by atoms with Crippen LogP contribution < -0.4 is 4.74 Å². The minimum atomic E-state index is 0.352. The van der Waals surface area contributed by atoms with Gasteiger partial charge in [-0.2, -0.15) is 4.98 Å². The van der Waals surface area contributed by atoms with Crippen LogP contribution in [-0.4, -0.2) is 34.9 Å². The van der Waals surface area contributed by atoms with E-state index in [2.05, 4.69) is 23.8 Å². The van der Waals surface area contributed by atoms with Crippen LogP contribution in [0.2, 0.25) is 0 Å². The molecule has 0 fully saturated rings. The quantitative estimate of drug-likeness (QED) is 0.555. The molecule has 2 aromatic rings. The number of fused-ring (bicyclic) bond motifs is 1. The Labute approximate surface area is 130 Å². The fraction of sp³-hybridized carbons (Fsp3) is 0.600. The van der Waals surface area contributed by atoms with E-state index in [4.69, 9.17) is 21.1 Å². The van der Waals surface area contributed by atoms with Crippen LogP contribution in [0.1, 0.15) is 26.1 Å². The smallest absolute Gasteiger partial charge is 0.215 e. The normalized spacial score (nSPS) is 11.5. The van der Waals surface area contributed by atoms with Crippen molar-refractivity contribution < 1.29 is 9.47 Å². The average Bonchev–Trinajstić information content (AvgIpc) is 2.83. The van der Waals surface area contributed by atoms with Gasteiger partial charge in [-0.1, -0.05) is 13.8 Å². The number of methoxy groups -OCH3 is 1. The van der Waals surface area contributed by atoms with Gasteiger partial charge in [-0.3, -0.25) is 0 Å². The van der Waals surface area contributed by atoms with Gasteiger partial charge in [0.1, 0.15) is 11.3 Å². The minimum absolute atomic E-state index is 0.352. The van der Waals surface area contributed by atoms with Gasteiger partial charge in [-0.05, 0) is 18.4 Å². The molecule has 2 aromatic heterocycles. The van der Waals surface area contributed by atoms with E-state index in [1.54, 1.807) is 13.2 Å². The Morgan fingerprint density at radius 2 is 2.05 bits per heavy atom. The third kappa shape index (κ3) is 4.08. The highest BCUT2D eigenvalue weighted by molar-refractivity contribution is 6.16. The highest BCUT2D eigenvalue weighted by Gasteiger charge is 2.12. The number of ether oxygens (including phenoxy) is 2. The van der Waals surface area contributed by atoms with Crippen molar-refractivity contribution in [2.45, 2.75) is 32.7 Å². The molecule has 0 atom stereocenters.